The van der Waals surface area contributed by atoms with Crippen molar-refractivity contribution in [3.05, 3.63) is 83.1 Å². The lowest BCUT2D eigenvalue weighted by atomic mass is 10.1. The summed E-state index contributed by atoms with van der Waals surface area (Å²) in [4.78, 5) is 7.20. The first-order chi connectivity index (χ1) is 15.6. The lowest BCUT2D eigenvalue weighted by Crippen LogP contribution is -2.45. The van der Waals surface area contributed by atoms with Crippen molar-refractivity contribution in [2.75, 3.05) is 44.2 Å². The van der Waals surface area contributed by atoms with E-state index in [9.17, 15) is 4.39 Å². The summed E-state index contributed by atoms with van der Waals surface area (Å²) in [7, 11) is 0. The first kappa shape index (κ1) is 21.0. The maximum atomic E-state index is 13.2. The number of fused-ring (bicyclic) bond motifs is 1. The van der Waals surface area contributed by atoms with Crippen LogP contribution in [0.2, 0.25) is 0 Å². The number of benzene rings is 2. The number of furan rings is 1. The van der Waals surface area contributed by atoms with Crippen LogP contribution in [0.5, 0.6) is 5.75 Å². The van der Waals surface area contributed by atoms with Gasteiger partial charge in [-0.1, -0.05) is 6.07 Å². The lowest BCUT2D eigenvalue weighted by molar-refractivity contribution is 0.206. The van der Waals surface area contributed by atoms with E-state index in [0.29, 0.717) is 6.61 Å². The van der Waals surface area contributed by atoms with Gasteiger partial charge >= 0.3 is 0 Å². The maximum Gasteiger partial charge on any atom is 0.123 e. The molecule has 2 aromatic carbocycles. The van der Waals surface area contributed by atoms with E-state index in [0.717, 1.165) is 75.3 Å². The zero-order chi connectivity index (χ0) is 21.9. The molecule has 1 aromatic heterocycles. The van der Waals surface area contributed by atoms with Gasteiger partial charge in [0, 0.05) is 57.1 Å². The van der Waals surface area contributed by atoms with Crippen LogP contribution in [0.4, 0.5) is 10.1 Å². The molecule has 1 fully saturated rings. The van der Waals surface area contributed by atoms with Gasteiger partial charge in [-0.05, 0) is 61.0 Å². The van der Waals surface area contributed by atoms with Gasteiger partial charge in [-0.15, -0.1) is 0 Å². The van der Waals surface area contributed by atoms with Crippen LogP contribution in [0, 0.1) is 12.7 Å². The Bertz CT molecular complexity index is 1040. The summed E-state index contributed by atoms with van der Waals surface area (Å²) in [6.45, 7) is 10.0. The molecule has 168 valence electrons. The van der Waals surface area contributed by atoms with E-state index in [1.807, 2.05) is 25.1 Å². The molecule has 0 N–H and O–H groups in total. The summed E-state index contributed by atoms with van der Waals surface area (Å²) in [6, 6.07) is 17.5. The van der Waals surface area contributed by atoms with Gasteiger partial charge in [-0.2, -0.15) is 0 Å². The number of rotatable bonds is 5. The fourth-order valence-corrected chi connectivity index (χ4v) is 4.60. The molecule has 3 heterocycles. The van der Waals surface area contributed by atoms with Crippen molar-refractivity contribution in [2.24, 2.45) is 0 Å². The molecule has 5 rings (SSSR count). The van der Waals surface area contributed by atoms with E-state index in [2.05, 4.69) is 39.0 Å². The molecule has 1 saturated heterocycles. The molecule has 6 heteroatoms. The van der Waals surface area contributed by atoms with Crippen LogP contribution in [0.15, 0.2) is 59.0 Å². The molecule has 0 radical (unpaired) electrons. The second-order valence-corrected chi connectivity index (χ2v) is 8.75. The Morgan fingerprint density at radius 2 is 1.66 bits per heavy atom. The van der Waals surface area contributed by atoms with Gasteiger partial charge in [0.25, 0.3) is 0 Å². The number of halogens is 1. The van der Waals surface area contributed by atoms with Gasteiger partial charge in [0.1, 0.15) is 29.7 Å². The Balaban J connectivity index is 1.20. The predicted molar refractivity (Wildman–Crippen MR) is 123 cm³/mol. The highest BCUT2D eigenvalue weighted by atomic mass is 19.1. The first-order valence-corrected chi connectivity index (χ1v) is 11.4. The van der Waals surface area contributed by atoms with Crippen LogP contribution in [0.1, 0.15) is 22.6 Å². The molecule has 0 amide bonds. The molecule has 5 nitrogen and oxygen atoms in total. The summed E-state index contributed by atoms with van der Waals surface area (Å²) in [5.74, 6) is 2.76. The summed E-state index contributed by atoms with van der Waals surface area (Å²) in [6.07, 6.45) is 0. The van der Waals surface area contributed by atoms with Crippen molar-refractivity contribution in [3.8, 4) is 5.75 Å². The van der Waals surface area contributed by atoms with Crippen LogP contribution in [-0.2, 0) is 19.6 Å². The summed E-state index contributed by atoms with van der Waals surface area (Å²) < 4.78 is 25.0. The molecule has 0 atom stereocenters. The van der Waals surface area contributed by atoms with Crippen molar-refractivity contribution in [1.82, 2.24) is 9.80 Å². The van der Waals surface area contributed by atoms with Gasteiger partial charge in [-0.25, -0.2) is 4.39 Å². The molecule has 2 aliphatic rings. The molecule has 2 aliphatic heterocycles. The third-order valence-corrected chi connectivity index (χ3v) is 6.33. The Kier molecular flexibility index (Phi) is 6.14. The molecule has 0 bridgehead atoms. The average Bonchev–Trinajstić information content (AvgIpc) is 3.09. The number of nitrogens with zero attached hydrogens (tertiary/aromatic N) is 3. The molecule has 32 heavy (non-hydrogen) atoms. The zero-order valence-electron chi connectivity index (χ0n) is 18.6. The maximum absolute atomic E-state index is 13.2. The molecule has 0 spiro atoms. The fourth-order valence-electron chi connectivity index (χ4n) is 4.60. The van der Waals surface area contributed by atoms with E-state index < -0.39 is 0 Å². The van der Waals surface area contributed by atoms with E-state index in [1.54, 1.807) is 0 Å². The van der Waals surface area contributed by atoms with Crippen LogP contribution in [0.25, 0.3) is 0 Å². The highest BCUT2D eigenvalue weighted by molar-refractivity contribution is 5.46. The van der Waals surface area contributed by atoms with Crippen LogP contribution >= 0.6 is 0 Å². The molecule has 0 saturated carbocycles. The summed E-state index contributed by atoms with van der Waals surface area (Å²) in [5.41, 5.74) is 3.66. The van der Waals surface area contributed by atoms with Crippen molar-refractivity contribution in [2.45, 2.75) is 26.6 Å². The first-order valence-electron chi connectivity index (χ1n) is 11.4. The summed E-state index contributed by atoms with van der Waals surface area (Å²) >= 11 is 0. The summed E-state index contributed by atoms with van der Waals surface area (Å²) in [5, 5.41) is 0. The predicted octanol–water partition coefficient (Wildman–Crippen LogP) is 4.44. The third-order valence-electron chi connectivity index (χ3n) is 6.33. The number of aryl methyl sites for hydroxylation is 1. The van der Waals surface area contributed by atoms with E-state index >= 15 is 0 Å². The topological polar surface area (TPSA) is 32.1 Å². The molecular weight excluding hydrogens is 405 g/mol. The standard InChI is InChI=1S/C26H30FN3O2/c1-20-2-8-25(32-20)19-29-14-15-31-26-9-3-21(16-22(26)18-29)17-28-10-12-30(13-11-28)24-6-4-23(27)5-7-24/h2-9,16H,10-15,17-19H2,1H3. The largest absolute Gasteiger partial charge is 0.492 e. The Labute approximate surface area is 189 Å². The fraction of sp³-hybridized carbons (Fsp3) is 0.385. The lowest BCUT2D eigenvalue weighted by Gasteiger charge is -2.36. The third kappa shape index (κ3) is 4.97. The van der Waals surface area contributed by atoms with Crippen molar-refractivity contribution in [3.63, 3.8) is 0 Å². The minimum atomic E-state index is -0.183. The molecule has 0 aliphatic carbocycles. The quantitative estimate of drug-likeness (QED) is 0.592. The smallest absolute Gasteiger partial charge is 0.123 e. The van der Waals surface area contributed by atoms with Gasteiger partial charge in [0.05, 0.1) is 6.54 Å². The monoisotopic (exact) mass is 435 g/mol. The number of hydrogen-bond acceptors (Lipinski definition) is 5. The number of anilines is 1. The second kappa shape index (κ2) is 9.35. The van der Waals surface area contributed by atoms with Crippen LogP contribution in [0.3, 0.4) is 0 Å². The van der Waals surface area contributed by atoms with Gasteiger partial charge in [-0.3, -0.25) is 9.80 Å². The molecule has 0 unspecified atom stereocenters. The van der Waals surface area contributed by atoms with Crippen LogP contribution < -0.4 is 9.64 Å². The highest BCUT2D eigenvalue weighted by Gasteiger charge is 2.20. The number of piperazine rings is 1. The SMILES string of the molecule is Cc1ccc(CN2CCOc3ccc(CN4CCN(c5ccc(F)cc5)CC4)cc3C2)o1. The normalized spacial score (nSPS) is 17.6. The van der Waals surface area contributed by atoms with Gasteiger partial charge < -0.3 is 14.1 Å². The zero-order valence-corrected chi connectivity index (χ0v) is 18.6. The van der Waals surface area contributed by atoms with E-state index in [-0.39, 0.29) is 5.82 Å². The number of hydrogen-bond donors (Lipinski definition) is 0. The Morgan fingerprint density at radius 1 is 0.844 bits per heavy atom. The average molecular weight is 436 g/mol. The Morgan fingerprint density at radius 3 is 2.41 bits per heavy atom. The van der Waals surface area contributed by atoms with Gasteiger partial charge in [0.2, 0.25) is 0 Å². The highest BCUT2D eigenvalue weighted by Crippen LogP contribution is 2.26. The van der Waals surface area contributed by atoms with Crippen molar-refractivity contribution < 1.29 is 13.5 Å². The van der Waals surface area contributed by atoms with Crippen molar-refractivity contribution >= 4 is 5.69 Å². The number of ether oxygens (including phenoxy) is 1. The Hall–Kier alpha value is -2.83. The molecule has 3 aromatic rings. The van der Waals surface area contributed by atoms with Crippen LogP contribution in [-0.4, -0.2) is 49.1 Å². The van der Waals surface area contributed by atoms with E-state index in [1.165, 1.54) is 23.3 Å². The second-order valence-electron chi connectivity index (χ2n) is 8.75. The van der Waals surface area contributed by atoms with Crippen molar-refractivity contribution in [1.29, 1.82) is 0 Å². The molecular formula is C26H30FN3O2. The van der Waals surface area contributed by atoms with Gasteiger partial charge in [0.15, 0.2) is 0 Å². The van der Waals surface area contributed by atoms with E-state index in [4.69, 9.17) is 9.15 Å². The minimum absolute atomic E-state index is 0.183. The minimum Gasteiger partial charge on any atom is -0.492 e.